The second kappa shape index (κ2) is 3.65. The summed E-state index contributed by atoms with van der Waals surface area (Å²) < 4.78 is 1.97. The smallest absolute Gasteiger partial charge is 0.165 e. The van der Waals surface area contributed by atoms with Crippen LogP contribution in [0.1, 0.15) is 38.9 Å². The Morgan fingerprint density at radius 2 is 2.29 bits per heavy atom. The van der Waals surface area contributed by atoms with Crippen LogP contribution in [0.4, 0.5) is 0 Å². The molecule has 0 saturated heterocycles. The van der Waals surface area contributed by atoms with Gasteiger partial charge in [0.25, 0.3) is 0 Å². The van der Waals surface area contributed by atoms with Crippen LogP contribution in [0, 0.1) is 0 Å². The number of nitrogens with zero attached hydrogens (tertiary/aromatic N) is 4. The fourth-order valence-corrected chi connectivity index (χ4v) is 1.51. The van der Waals surface area contributed by atoms with Crippen molar-refractivity contribution in [1.82, 2.24) is 25.5 Å². The van der Waals surface area contributed by atoms with Gasteiger partial charge in [-0.15, -0.1) is 5.10 Å². The number of nitrogens with one attached hydrogen (secondary N) is 1. The van der Waals surface area contributed by atoms with E-state index in [0.717, 1.165) is 25.3 Å². The number of aromatic nitrogens is 4. The first-order valence-electron chi connectivity index (χ1n) is 5.25. The van der Waals surface area contributed by atoms with Gasteiger partial charge in [0, 0.05) is 0 Å². The summed E-state index contributed by atoms with van der Waals surface area (Å²) in [6.45, 7) is 6.14. The molecular formula is C9H17N5. The second-order valence-corrected chi connectivity index (χ2v) is 4.18. The maximum Gasteiger partial charge on any atom is 0.165 e. The van der Waals surface area contributed by atoms with Gasteiger partial charge in [0.2, 0.25) is 0 Å². The van der Waals surface area contributed by atoms with Crippen LogP contribution in [0.2, 0.25) is 0 Å². The van der Waals surface area contributed by atoms with Gasteiger partial charge in [0.1, 0.15) is 0 Å². The van der Waals surface area contributed by atoms with E-state index in [1.807, 2.05) is 4.68 Å². The Morgan fingerprint density at radius 3 is 2.93 bits per heavy atom. The molecule has 0 aliphatic heterocycles. The Labute approximate surface area is 83.9 Å². The number of hydrogen-bond donors (Lipinski definition) is 1. The average molecular weight is 195 g/mol. The zero-order chi connectivity index (χ0) is 10.0. The lowest BCUT2D eigenvalue weighted by Crippen LogP contribution is -2.23. The SMILES string of the molecule is CCCNCc1nnnn1C1(C)CC1. The molecule has 0 aromatic carbocycles. The van der Waals surface area contributed by atoms with Gasteiger partial charge in [0.05, 0.1) is 12.1 Å². The van der Waals surface area contributed by atoms with Crippen molar-refractivity contribution in [3.05, 3.63) is 5.82 Å². The van der Waals surface area contributed by atoms with Crippen molar-refractivity contribution >= 4 is 0 Å². The fraction of sp³-hybridized carbons (Fsp3) is 0.889. The van der Waals surface area contributed by atoms with E-state index in [1.165, 1.54) is 12.8 Å². The summed E-state index contributed by atoms with van der Waals surface area (Å²) >= 11 is 0. The largest absolute Gasteiger partial charge is 0.310 e. The molecule has 0 atom stereocenters. The summed E-state index contributed by atoms with van der Waals surface area (Å²) in [6.07, 6.45) is 3.52. The van der Waals surface area contributed by atoms with Gasteiger partial charge >= 0.3 is 0 Å². The van der Waals surface area contributed by atoms with E-state index in [4.69, 9.17) is 0 Å². The molecule has 1 saturated carbocycles. The van der Waals surface area contributed by atoms with Gasteiger partial charge in [-0.25, -0.2) is 4.68 Å². The third kappa shape index (κ3) is 1.77. The lowest BCUT2D eigenvalue weighted by Gasteiger charge is -2.10. The summed E-state index contributed by atoms with van der Waals surface area (Å²) in [5.74, 6) is 0.957. The van der Waals surface area contributed by atoms with Gasteiger partial charge in [0.15, 0.2) is 5.82 Å². The van der Waals surface area contributed by atoms with Crippen LogP contribution in [0.25, 0.3) is 0 Å². The first-order chi connectivity index (χ1) is 6.76. The maximum absolute atomic E-state index is 4.04. The molecule has 1 fully saturated rings. The average Bonchev–Trinajstić information content (AvgIpc) is 2.76. The van der Waals surface area contributed by atoms with Crippen LogP contribution in [-0.2, 0) is 12.1 Å². The summed E-state index contributed by atoms with van der Waals surface area (Å²) in [5.41, 5.74) is 0.201. The molecule has 1 aromatic rings. The van der Waals surface area contributed by atoms with Crippen LogP contribution in [-0.4, -0.2) is 26.8 Å². The molecule has 1 heterocycles. The molecule has 78 valence electrons. The standard InChI is InChI=1S/C9H17N5/c1-3-6-10-7-8-11-12-13-14(8)9(2)4-5-9/h10H,3-7H2,1-2H3. The topological polar surface area (TPSA) is 55.6 Å². The van der Waals surface area contributed by atoms with Crippen molar-refractivity contribution in [3.63, 3.8) is 0 Å². The Hall–Kier alpha value is -0.970. The molecular weight excluding hydrogens is 178 g/mol. The molecule has 0 unspecified atom stereocenters. The summed E-state index contributed by atoms with van der Waals surface area (Å²) in [5, 5.41) is 15.1. The molecule has 0 radical (unpaired) electrons. The van der Waals surface area contributed by atoms with Crippen molar-refractivity contribution in [2.45, 2.75) is 45.2 Å². The minimum atomic E-state index is 0.201. The predicted molar refractivity (Wildman–Crippen MR) is 52.7 cm³/mol. The Balaban J connectivity index is 1.99. The first kappa shape index (κ1) is 9.58. The molecule has 0 bridgehead atoms. The minimum absolute atomic E-state index is 0.201. The van der Waals surface area contributed by atoms with Crippen molar-refractivity contribution in [2.24, 2.45) is 0 Å². The summed E-state index contributed by atoms with van der Waals surface area (Å²) in [4.78, 5) is 0. The van der Waals surface area contributed by atoms with E-state index in [9.17, 15) is 0 Å². The lowest BCUT2D eigenvalue weighted by molar-refractivity contribution is 0.432. The van der Waals surface area contributed by atoms with Crippen molar-refractivity contribution in [2.75, 3.05) is 6.54 Å². The highest BCUT2D eigenvalue weighted by molar-refractivity contribution is 4.99. The molecule has 5 heteroatoms. The Kier molecular flexibility index (Phi) is 2.50. The predicted octanol–water partition coefficient (Wildman–Crippen LogP) is 0.682. The Morgan fingerprint density at radius 1 is 1.50 bits per heavy atom. The molecule has 1 aliphatic rings. The van der Waals surface area contributed by atoms with Gasteiger partial charge in [-0.05, 0) is 43.2 Å². The normalized spacial score (nSPS) is 18.4. The quantitative estimate of drug-likeness (QED) is 0.702. The molecule has 2 rings (SSSR count). The van der Waals surface area contributed by atoms with Crippen molar-refractivity contribution in [1.29, 1.82) is 0 Å². The minimum Gasteiger partial charge on any atom is -0.310 e. The summed E-state index contributed by atoms with van der Waals surface area (Å²) in [7, 11) is 0. The molecule has 1 N–H and O–H groups in total. The highest BCUT2D eigenvalue weighted by Gasteiger charge is 2.42. The lowest BCUT2D eigenvalue weighted by atomic mass is 10.3. The first-order valence-corrected chi connectivity index (χ1v) is 5.25. The number of hydrogen-bond acceptors (Lipinski definition) is 4. The van der Waals surface area contributed by atoms with Gasteiger partial charge in [-0.1, -0.05) is 6.92 Å². The van der Waals surface area contributed by atoms with E-state index in [1.54, 1.807) is 0 Å². The van der Waals surface area contributed by atoms with Crippen LogP contribution in [0.15, 0.2) is 0 Å². The molecule has 0 spiro atoms. The maximum atomic E-state index is 4.04. The van der Waals surface area contributed by atoms with Crippen LogP contribution >= 0.6 is 0 Å². The Bertz CT molecular complexity index is 302. The van der Waals surface area contributed by atoms with E-state index < -0.39 is 0 Å². The third-order valence-electron chi connectivity index (χ3n) is 2.73. The molecule has 1 aromatic heterocycles. The molecule has 1 aliphatic carbocycles. The van der Waals surface area contributed by atoms with E-state index in [2.05, 4.69) is 34.7 Å². The number of rotatable bonds is 5. The summed E-state index contributed by atoms with van der Waals surface area (Å²) in [6, 6.07) is 0. The second-order valence-electron chi connectivity index (χ2n) is 4.18. The van der Waals surface area contributed by atoms with E-state index >= 15 is 0 Å². The monoisotopic (exact) mass is 195 g/mol. The van der Waals surface area contributed by atoms with Gasteiger partial charge in [-0.3, -0.25) is 0 Å². The van der Waals surface area contributed by atoms with Crippen molar-refractivity contribution in [3.8, 4) is 0 Å². The molecule has 14 heavy (non-hydrogen) atoms. The third-order valence-corrected chi connectivity index (χ3v) is 2.73. The highest BCUT2D eigenvalue weighted by atomic mass is 15.6. The van der Waals surface area contributed by atoms with Crippen LogP contribution in [0.3, 0.4) is 0 Å². The van der Waals surface area contributed by atoms with Gasteiger partial charge < -0.3 is 5.32 Å². The zero-order valence-corrected chi connectivity index (χ0v) is 8.82. The molecule has 0 amide bonds. The van der Waals surface area contributed by atoms with Gasteiger partial charge in [-0.2, -0.15) is 0 Å². The van der Waals surface area contributed by atoms with E-state index in [0.29, 0.717) is 0 Å². The highest BCUT2D eigenvalue weighted by Crippen LogP contribution is 2.42. The number of tetrazole rings is 1. The zero-order valence-electron chi connectivity index (χ0n) is 8.82. The van der Waals surface area contributed by atoms with Crippen LogP contribution < -0.4 is 5.32 Å². The van der Waals surface area contributed by atoms with E-state index in [-0.39, 0.29) is 5.54 Å². The molecule has 5 nitrogen and oxygen atoms in total. The fourth-order valence-electron chi connectivity index (χ4n) is 1.51. The van der Waals surface area contributed by atoms with Crippen molar-refractivity contribution < 1.29 is 0 Å². The van der Waals surface area contributed by atoms with Crippen LogP contribution in [0.5, 0.6) is 0 Å².